The van der Waals surface area contributed by atoms with Gasteiger partial charge in [-0.1, -0.05) is 11.6 Å². The number of hydrogen-bond donors (Lipinski definition) is 3. The summed E-state index contributed by atoms with van der Waals surface area (Å²) in [4.78, 5) is 27.7. The van der Waals surface area contributed by atoms with Gasteiger partial charge in [-0.3, -0.25) is 9.69 Å². The largest absolute Gasteiger partial charge is 0.508 e. The second-order valence-electron chi connectivity index (χ2n) is 8.98. The van der Waals surface area contributed by atoms with Crippen molar-refractivity contribution in [2.45, 2.75) is 27.2 Å². The van der Waals surface area contributed by atoms with E-state index in [1.54, 1.807) is 12.1 Å². The molecule has 0 radical (unpaired) electrons. The molecule has 0 atom stereocenters. The van der Waals surface area contributed by atoms with Gasteiger partial charge < -0.3 is 24.9 Å². The number of nitrogens with one attached hydrogen (secondary N) is 2. The van der Waals surface area contributed by atoms with E-state index in [1.165, 1.54) is 12.1 Å². The summed E-state index contributed by atoms with van der Waals surface area (Å²) in [6.45, 7) is 9.96. The summed E-state index contributed by atoms with van der Waals surface area (Å²) in [6.07, 6.45) is 2.48. The maximum Gasteiger partial charge on any atom is 0.360 e. The molecule has 2 aromatic carbocycles. The van der Waals surface area contributed by atoms with E-state index in [0.29, 0.717) is 41.0 Å². The second kappa shape index (κ2) is 10.8. The number of benzene rings is 2. The smallest absolute Gasteiger partial charge is 0.360 e. The summed E-state index contributed by atoms with van der Waals surface area (Å²) >= 11 is 0. The molecule has 0 aliphatic carbocycles. The topological polar surface area (TPSA) is 104 Å². The van der Waals surface area contributed by atoms with Crippen LogP contribution in [0, 0.1) is 6.92 Å². The normalized spacial score (nSPS) is 14.0. The van der Waals surface area contributed by atoms with Crippen LogP contribution in [0.1, 0.15) is 35.3 Å². The second-order valence-corrected chi connectivity index (χ2v) is 8.98. The van der Waals surface area contributed by atoms with Crippen molar-refractivity contribution >= 4 is 22.6 Å². The highest BCUT2D eigenvalue weighted by molar-refractivity contribution is 6.05. The van der Waals surface area contributed by atoms with Crippen LogP contribution in [0.25, 0.3) is 11.0 Å². The van der Waals surface area contributed by atoms with Crippen molar-refractivity contribution < 1.29 is 19.1 Å². The van der Waals surface area contributed by atoms with Crippen LogP contribution >= 0.6 is 0 Å². The molecule has 0 saturated carbocycles. The third-order valence-electron chi connectivity index (χ3n) is 6.03. The van der Waals surface area contributed by atoms with Crippen molar-refractivity contribution in [3.05, 3.63) is 75.2 Å². The lowest BCUT2D eigenvalue weighted by Crippen LogP contribution is -2.44. The number of carbonyl (C=O) groups excluding carboxylic acids is 1. The third kappa shape index (κ3) is 5.90. The van der Waals surface area contributed by atoms with Gasteiger partial charge >= 0.3 is 5.63 Å². The van der Waals surface area contributed by atoms with Crippen LogP contribution in [-0.4, -0.2) is 48.8 Å². The fourth-order valence-electron chi connectivity index (χ4n) is 3.95. The van der Waals surface area contributed by atoms with E-state index in [2.05, 4.69) is 15.5 Å². The van der Waals surface area contributed by atoms with Gasteiger partial charge in [0.15, 0.2) is 0 Å². The first kappa shape index (κ1) is 24.5. The summed E-state index contributed by atoms with van der Waals surface area (Å²) in [7, 11) is 0. The van der Waals surface area contributed by atoms with Crippen molar-refractivity contribution in [1.29, 1.82) is 0 Å². The Labute approximate surface area is 204 Å². The first-order valence-corrected chi connectivity index (χ1v) is 11.7. The quantitative estimate of drug-likeness (QED) is 0.351. The number of anilines is 1. The van der Waals surface area contributed by atoms with E-state index in [4.69, 9.17) is 9.15 Å². The highest BCUT2D eigenvalue weighted by Crippen LogP contribution is 2.28. The Morgan fingerprint density at radius 1 is 1.20 bits per heavy atom. The van der Waals surface area contributed by atoms with E-state index in [-0.39, 0.29) is 11.4 Å². The average molecular weight is 478 g/mol. The molecule has 1 aliphatic rings. The zero-order chi connectivity index (χ0) is 24.9. The number of phenolic OH excluding ortho intramolecular Hbond substituents is 1. The number of carbonyl (C=O) groups is 1. The highest BCUT2D eigenvalue weighted by atomic mass is 16.5. The molecule has 184 valence electrons. The predicted molar refractivity (Wildman–Crippen MR) is 136 cm³/mol. The van der Waals surface area contributed by atoms with Crippen molar-refractivity contribution in [2.75, 3.05) is 38.2 Å². The number of amides is 1. The number of nitrogens with zero attached hydrogens (tertiary/aromatic N) is 1. The fourth-order valence-corrected chi connectivity index (χ4v) is 3.95. The first-order chi connectivity index (χ1) is 16.8. The van der Waals surface area contributed by atoms with Crippen LogP contribution in [-0.2, 0) is 6.42 Å². The molecular weight excluding hydrogens is 446 g/mol. The Morgan fingerprint density at radius 3 is 2.71 bits per heavy atom. The van der Waals surface area contributed by atoms with Crippen molar-refractivity contribution in [3.8, 4) is 11.5 Å². The molecular formula is C27H31N3O5. The SMILES string of the molecule is CC(C)=CCc1cc(C(=O)Nc2cc3ccc(OCN4CCNCC4)c(C)c3oc2=O)ccc1O. The molecule has 8 nitrogen and oxygen atoms in total. The minimum atomic E-state index is -0.642. The van der Waals surface area contributed by atoms with Gasteiger partial charge in [0.2, 0.25) is 0 Å². The molecule has 0 spiro atoms. The number of phenols is 1. The Balaban J connectivity index is 1.52. The Morgan fingerprint density at radius 2 is 1.97 bits per heavy atom. The molecule has 3 N–H and O–H groups in total. The number of piperazine rings is 1. The van der Waals surface area contributed by atoms with Gasteiger partial charge in [-0.05, 0) is 69.2 Å². The van der Waals surface area contributed by atoms with E-state index in [1.807, 2.05) is 39.0 Å². The summed E-state index contributed by atoms with van der Waals surface area (Å²) < 4.78 is 11.6. The van der Waals surface area contributed by atoms with Gasteiger partial charge in [0.25, 0.3) is 5.91 Å². The molecule has 1 aromatic heterocycles. The Hall–Kier alpha value is -3.62. The molecule has 4 rings (SSSR count). The van der Waals surface area contributed by atoms with E-state index >= 15 is 0 Å². The maximum absolute atomic E-state index is 12.8. The number of aromatic hydroxyl groups is 1. The van der Waals surface area contributed by atoms with Gasteiger partial charge in [-0.15, -0.1) is 0 Å². The summed E-state index contributed by atoms with van der Waals surface area (Å²) in [5, 5.41) is 16.7. The third-order valence-corrected chi connectivity index (χ3v) is 6.03. The first-order valence-electron chi connectivity index (χ1n) is 11.7. The zero-order valence-corrected chi connectivity index (χ0v) is 20.3. The molecule has 3 aromatic rings. The number of aryl methyl sites for hydroxylation is 1. The number of allylic oxidation sites excluding steroid dienone is 2. The van der Waals surface area contributed by atoms with Crippen LogP contribution in [0.5, 0.6) is 11.5 Å². The molecule has 35 heavy (non-hydrogen) atoms. The molecule has 0 unspecified atom stereocenters. The van der Waals surface area contributed by atoms with E-state index in [9.17, 15) is 14.7 Å². The van der Waals surface area contributed by atoms with Gasteiger partial charge in [0.1, 0.15) is 29.5 Å². The van der Waals surface area contributed by atoms with Gasteiger partial charge in [-0.25, -0.2) is 4.79 Å². The van der Waals surface area contributed by atoms with E-state index < -0.39 is 11.5 Å². The Kier molecular flexibility index (Phi) is 7.53. The monoisotopic (exact) mass is 477 g/mol. The summed E-state index contributed by atoms with van der Waals surface area (Å²) in [6, 6.07) is 9.89. The number of fused-ring (bicyclic) bond motifs is 1. The lowest BCUT2D eigenvalue weighted by molar-refractivity contribution is 0.102. The van der Waals surface area contributed by atoms with Crippen molar-refractivity contribution in [1.82, 2.24) is 10.2 Å². The maximum atomic E-state index is 12.8. The standard InChI is InChI=1S/C27H31N3O5/c1-17(2)4-5-19-14-21(6-8-23(19)31)26(32)29-22-15-20-7-9-24(18(3)25(20)35-27(22)33)34-16-30-12-10-28-11-13-30/h4,6-9,14-15,28,31H,5,10-13,16H2,1-3H3,(H,29,32). The van der Waals surface area contributed by atoms with Crippen molar-refractivity contribution in [3.63, 3.8) is 0 Å². The molecule has 2 heterocycles. The highest BCUT2D eigenvalue weighted by Gasteiger charge is 2.16. The van der Waals surface area contributed by atoms with Crippen LogP contribution in [0.2, 0.25) is 0 Å². The summed E-state index contributed by atoms with van der Waals surface area (Å²) in [5.41, 5.74) is 2.66. The van der Waals surface area contributed by atoms with Crippen LogP contribution in [0.4, 0.5) is 5.69 Å². The van der Waals surface area contributed by atoms with E-state index in [0.717, 1.165) is 37.3 Å². The molecule has 1 saturated heterocycles. The van der Waals surface area contributed by atoms with Crippen LogP contribution < -0.4 is 21.0 Å². The van der Waals surface area contributed by atoms with Gasteiger partial charge in [-0.2, -0.15) is 0 Å². The predicted octanol–water partition coefficient (Wildman–Crippen LogP) is 3.81. The zero-order valence-electron chi connectivity index (χ0n) is 20.3. The average Bonchev–Trinajstić information content (AvgIpc) is 2.84. The molecule has 1 amide bonds. The van der Waals surface area contributed by atoms with Crippen LogP contribution in [0.3, 0.4) is 0 Å². The number of hydrogen-bond acceptors (Lipinski definition) is 7. The minimum absolute atomic E-state index is 0.0512. The van der Waals surface area contributed by atoms with Crippen LogP contribution in [0.15, 0.2) is 57.3 Å². The fraction of sp³-hybridized carbons (Fsp3) is 0.333. The lowest BCUT2D eigenvalue weighted by Gasteiger charge is -2.27. The minimum Gasteiger partial charge on any atom is -0.508 e. The lowest BCUT2D eigenvalue weighted by atomic mass is 10.0. The summed E-state index contributed by atoms with van der Waals surface area (Å²) in [5.74, 6) is 0.321. The van der Waals surface area contributed by atoms with Crippen molar-refractivity contribution in [2.24, 2.45) is 0 Å². The molecule has 1 aliphatic heterocycles. The number of ether oxygens (including phenoxy) is 1. The van der Waals surface area contributed by atoms with Gasteiger partial charge in [0.05, 0.1) is 0 Å². The van der Waals surface area contributed by atoms with Gasteiger partial charge in [0, 0.05) is 42.7 Å². The Bertz CT molecular complexity index is 1320. The number of rotatable bonds is 7. The molecule has 8 heteroatoms. The molecule has 1 fully saturated rings. The molecule has 0 bridgehead atoms.